The van der Waals surface area contributed by atoms with Crippen molar-refractivity contribution in [3.05, 3.63) is 40.9 Å². The molecular formula is C8H5N2+. The second kappa shape index (κ2) is 3.27. The SMILES string of the molecule is N#[N+]C#Cc1ccccc1. The van der Waals surface area contributed by atoms with Crippen molar-refractivity contribution in [1.29, 1.82) is 5.39 Å². The Morgan fingerprint density at radius 3 is 2.50 bits per heavy atom. The van der Waals surface area contributed by atoms with Gasteiger partial charge in [-0.15, -0.1) is 0 Å². The quantitative estimate of drug-likeness (QED) is 0.388. The fourth-order valence-corrected chi connectivity index (χ4v) is 0.611. The highest BCUT2D eigenvalue weighted by molar-refractivity contribution is 5.34. The number of nitrogens with zero attached hydrogens (tertiary/aromatic N) is 2. The molecule has 2 nitrogen and oxygen atoms in total. The first-order valence-electron chi connectivity index (χ1n) is 2.83. The average molecular weight is 129 g/mol. The number of hydrogen-bond donors (Lipinski definition) is 0. The lowest BCUT2D eigenvalue weighted by molar-refractivity contribution is 1.49. The lowest BCUT2D eigenvalue weighted by Gasteiger charge is -1.81. The van der Waals surface area contributed by atoms with Crippen LogP contribution in [0.4, 0.5) is 0 Å². The zero-order chi connectivity index (χ0) is 7.23. The van der Waals surface area contributed by atoms with Crippen molar-refractivity contribution >= 4 is 0 Å². The van der Waals surface area contributed by atoms with Crippen LogP contribution in [0.3, 0.4) is 0 Å². The summed E-state index contributed by atoms with van der Waals surface area (Å²) in [4.78, 5) is 2.67. The van der Waals surface area contributed by atoms with Crippen molar-refractivity contribution in [3.63, 3.8) is 0 Å². The van der Waals surface area contributed by atoms with Crippen molar-refractivity contribution in [2.45, 2.75) is 0 Å². The Labute approximate surface area is 59.1 Å². The van der Waals surface area contributed by atoms with E-state index >= 15 is 0 Å². The molecule has 0 amide bonds. The van der Waals surface area contributed by atoms with E-state index in [4.69, 9.17) is 5.39 Å². The molecule has 0 aliphatic carbocycles. The van der Waals surface area contributed by atoms with Gasteiger partial charge in [-0.1, -0.05) is 18.2 Å². The van der Waals surface area contributed by atoms with E-state index in [1.54, 1.807) is 0 Å². The van der Waals surface area contributed by atoms with Crippen LogP contribution in [-0.2, 0) is 0 Å². The predicted molar refractivity (Wildman–Crippen MR) is 38.4 cm³/mol. The monoisotopic (exact) mass is 129 g/mol. The zero-order valence-corrected chi connectivity index (χ0v) is 5.28. The van der Waals surface area contributed by atoms with E-state index < -0.39 is 0 Å². The van der Waals surface area contributed by atoms with Gasteiger partial charge in [0, 0.05) is 11.5 Å². The minimum Gasteiger partial charge on any atom is -0.0622 e. The van der Waals surface area contributed by atoms with Gasteiger partial charge < -0.3 is 0 Å². The first-order chi connectivity index (χ1) is 4.93. The van der Waals surface area contributed by atoms with Gasteiger partial charge in [-0.05, 0) is 12.1 Å². The van der Waals surface area contributed by atoms with Crippen LogP contribution in [0.1, 0.15) is 5.56 Å². The van der Waals surface area contributed by atoms with Crippen LogP contribution in [0.2, 0.25) is 0 Å². The highest BCUT2D eigenvalue weighted by Crippen LogP contribution is 1.94. The van der Waals surface area contributed by atoms with Crippen LogP contribution in [0.5, 0.6) is 0 Å². The Kier molecular flexibility index (Phi) is 2.07. The van der Waals surface area contributed by atoms with E-state index in [1.807, 2.05) is 30.3 Å². The molecule has 0 spiro atoms. The van der Waals surface area contributed by atoms with Gasteiger partial charge >= 0.3 is 6.04 Å². The first-order valence-corrected chi connectivity index (χ1v) is 2.83. The van der Waals surface area contributed by atoms with Crippen LogP contribution in [-0.4, -0.2) is 0 Å². The molecule has 2 heteroatoms. The average Bonchev–Trinajstić information content (AvgIpc) is 2.03. The van der Waals surface area contributed by atoms with Crippen LogP contribution in [0.25, 0.3) is 4.98 Å². The van der Waals surface area contributed by atoms with Gasteiger partial charge in [-0.25, -0.2) is 0 Å². The normalized spacial score (nSPS) is 7.10. The lowest BCUT2D eigenvalue weighted by atomic mass is 10.2. The second-order valence-electron chi connectivity index (χ2n) is 1.70. The van der Waals surface area contributed by atoms with Gasteiger partial charge in [0.1, 0.15) is 0 Å². The highest BCUT2D eigenvalue weighted by Gasteiger charge is 1.83. The maximum absolute atomic E-state index is 7.98. The van der Waals surface area contributed by atoms with Crippen LogP contribution in [0.15, 0.2) is 30.3 Å². The van der Waals surface area contributed by atoms with Gasteiger partial charge in [-0.3, -0.25) is 0 Å². The summed E-state index contributed by atoms with van der Waals surface area (Å²) in [7, 11) is 0. The molecule has 0 saturated carbocycles. The summed E-state index contributed by atoms with van der Waals surface area (Å²) in [5.74, 6) is 2.63. The molecule has 0 fully saturated rings. The number of benzene rings is 1. The van der Waals surface area contributed by atoms with Gasteiger partial charge in [0.15, 0.2) is 0 Å². The largest absolute Gasteiger partial charge is 0.427 e. The van der Waals surface area contributed by atoms with Gasteiger partial charge in [0.2, 0.25) is 10.4 Å². The van der Waals surface area contributed by atoms with Crippen molar-refractivity contribution < 1.29 is 0 Å². The number of diazo groups is 1. The summed E-state index contributed by atoms with van der Waals surface area (Å²) in [6.07, 6.45) is 0. The van der Waals surface area contributed by atoms with Crippen molar-refractivity contribution in [2.75, 3.05) is 0 Å². The van der Waals surface area contributed by atoms with Gasteiger partial charge in [0.25, 0.3) is 0 Å². The highest BCUT2D eigenvalue weighted by atomic mass is 14.8. The summed E-state index contributed by atoms with van der Waals surface area (Å²) in [6.45, 7) is 0. The summed E-state index contributed by atoms with van der Waals surface area (Å²) in [5, 5.41) is 7.98. The molecule has 46 valence electrons. The molecule has 0 aliphatic rings. The van der Waals surface area contributed by atoms with Crippen LogP contribution < -0.4 is 0 Å². The van der Waals surface area contributed by atoms with Crippen LogP contribution in [0, 0.1) is 17.4 Å². The first kappa shape index (κ1) is 6.32. The molecular weight excluding hydrogens is 124 g/mol. The molecule has 0 N–H and O–H groups in total. The third kappa shape index (κ3) is 1.61. The summed E-state index contributed by atoms with van der Waals surface area (Å²) in [6, 6.07) is 11.5. The Hall–Kier alpha value is -1.80. The third-order valence-corrected chi connectivity index (χ3v) is 1.02. The fourth-order valence-electron chi connectivity index (χ4n) is 0.611. The predicted octanol–water partition coefficient (Wildman–Crippen LogP) is 1.85. The van der Waals surface area contributed by atoms with Crippen LogP contribution >= 0.6 is 0 Å². The van der Waals surface area contributed by atoms with E-state index in [-0.39, 0.29) is 0 Å². The van der Waals surface area contributed by atoms with Crippen molar-refractivity contribution in [2.24, 2.45) is 0 Å². The Morgan fingerprint density at radius 2 is 1.90 bits per heavy atom. The minimum absolute atomic E-state index is 0.848. The maximum Gasteiger partial charge on any atom is 0.427 e. The molecule has 0 bridgehead atoms. The fraction of sp³-hybridized carbons (Fsp3) is 0. The Morgan fingerprint density at radius 1 is 1.20 bits per heavy atom. The number of rotatable bonds is 0. The smallest absolute Gasteiger partial charge is 0.0622 e. The van der Waals surface area contributed by atoms with E-state index in [0.29, 0.717) is 0 Å². The second-order valence-corrected chi connectivity index (χ2v) is 1.70. The number of hydrogen-bond acceptors (Lipinski definition) is 1. The molecule has 10 heavy (non-hydrogen) atoms. The molecule has 1 rings (SSSR count). The maximum atomic E-state index is 7.98. The van der Waals surface area contributed by atoms with E-state index in [2.05, 4.69) is 16.9 Å². The molecule has 0 aliphatic heterocycles. The third-order valence-electron chi connectivity index (χ3n) is 1.02. The molecule has 1 aromatic rings. The van der Waals surface area contributed by atoms with Gasteiger partial charge in [0.05, 0.1) is 0 Å². The van der Waals surface area contributed by atoms with Crippen molar-refractivity contribution in [3.8, 4) is 12.0 Å². The molecule has 0 unspecified atom stereocenters. The summed E-state index contributed by atoms with van der Waals surface area (Å²) < 4.78 is 0. The minimum atomic E-state index is 0.848. The Balaban J connectivity index is 2.89. The van der Waals surface area contributed by atoms with Crippen molar-refractivity contribution in [1.82, 2.24) is 0 Å². The molecule has 1 aromatic carbocycles. The summed E-state index contributed by atoms with van der Waals surface area (Å²) >= 11 is 0. The molecule has 0 radical (unpaired) electrons. The molecule has 0 aromatic heterocycles. The summed E-state index contributed by atoms with van der Waals surface area (Å²) in [5.41, 5.74) is 0.848. The van der Waals surface area contributed by atoms with E-state index in [1.165, 1.54) is 0 Å². The molecule has 0 heterocycles. The topological polar surface area (TPSA) is 28.1 Å². The zero-order valence-electron chi connectivity index (χ0n) is 5.28. The molecule has 0 saturated heterocycles. The Bertz CT molecular complexity index is 298. The van der Waals surface area contributed by atoms with E-state index in [9.17, 15) is 0 Å². The molecule has 0 atom stereocenters. The van der Waals surface area contributed by atoms with Gasteiger partial charge in [-0.2, -0.15) is 0 Å². The lowest BCUT2D eigenvalue weighted by Crippen LogP contribution is -1.67. The van der Waals surface area contributed by atoms with E-state index in [0.717, 1.165) is 5.56 Å². The standard InChI is InChI=1S/C8H5N2/c9-10-7-6-8-4-2-1-3-5-8/h1-5H/q+1.